The third kappa shape index (κ3) is 5.89. The monoisotopic (exact) mass is 433 g/mol. The van der Waals surface area contributed by atoms with Crippen molar-refractivity contribution < 1.29 is 31.1 Å². The van der Waals surface area contributed by atoms with Crippen LogP contribution in [0.2, 0.25) is 5.02 Å². The Labute approximate surface area is 165 Å². The number of carbonyl (C=O) groups excluding carboxylic acids is 1. The first kappa shape index (κ1) is 22.1. The smallest absolute Gasteiger partial charge is 0.360 e. The third-order valence-corrected chi connectivity index (χ3v) is 3.79. The van der Waals surface area contributed by atoms with E-state index in [0.717, 1.165) is 0 Å². The Hall–Kier alpha value is -3.19. The maximum Gasteiger partial charge on any atom is 0.416 e. The molecule has 0 heterocycles. The predicted octanol–water partition coefficient (Wildman–Crippen LogP) is 5.84. The lowest BCUT2D eigenvalue weighted by Gasteiger charge is -2.14. The maximum absolute atomic E-state index is 12.9. The summed E-state index contributed by atoms with van der Waals surface area (Å²) in [6, 6.07) is 8.35. The van der Waals surface area contributed by atoms with Crippen molar-refractivity contribution in [1.29, 1.82) is 5.26 Å². The molecule has 2 aromatic carbocycles. The van der Waals surface area contributed by atoms with Crippen molar-refractivity contribution in [3.8, 4) is 6.07 Å². The lowest BCUT2D eigenvalue weighted by molar-refractivity contribution is -0.143. The van der Waals surface area contributed by atoms with Gasteiger partial charge >= 0.3 is 12.4 Å². The number of nitriles is 1. The number of nitrogens with one attached hydrogen (secondary N) is 2. The molecule has 2 rings (SSSR count). The van der Waals surface area contributed by atoms with E-state index in [2.05, 4.69) is 10.6 Å². The molecule has 2 aromatic rings. The molecule has 152 valence electrons. The second kappa shape index (κ2) is 8.45. The van der Waals surface area contributed by atoms with Gasteiger partial charge < -0.3 is 10.6 Å². The van der Waals surface area contributed by atoms with Crippen LogP contribution in [-0.4, -0.2) is 5.91 Å². The number of alkyl halides is 6. The van der Waals surface area contributed by atoms with Crippen molar-refractivity contribution in [1.82, 2.24) is 0 Å². The molecule has 0 aromatic heterocycles. The molecule has 0 aliphatic rings. The summed E-state index contributed by atoms with van der Waals surface area (Å²) in [5.41, 5.74) is -4.12. The first-order valence-corrected chi connectivity index (χ1v) is 8.02. The van der Waals surface area contributed by atoms with Gasteiger partial charge in [0.1, 0.15) is 11.6 Å². The molecule has 1 amide bonds. The van der Waals surface area contributed by atoms with Crippen LogP contribution in [0.3, 0.4) is 0 Å². The molecular formula is C18H10ClF6N3O. The number of hydrogen-bond donors (Lipinski definition) is 2. The van der Waals surface area contributed by atoms with Gasteiger partial charge in [-0.2, -0.15) is 31.6 Å². The minimum Gasteiger partial charge on any atom is -0.360 e. The Morgan fingerprint density at radius 2 is 1.55 bits per heavy atom. The molecule has 29 heavy (non-hydrogen) atoms. The fraction of sp³-hybridized carbons (Fsp3) is 0.111. The largest absolute Gasteiger partial charge is 0.416 e. The number of rotatable bonds is 4. The number of carbonyl (C=O) groups is 1. The zero-order valence-electron chi connectivity index (χ0n) is 14.1. The molecule has 0 spiro atoms. The van der Waals surface area contributed by atoms with Crippen molar-refractivity contribution in [2.24, 2.45) is 0 Å². The van der Waals surface area contributed by atoms with Gasteiger partial charge in [-0.1, -0.05) is 23.7 Å². The average molecular weight is 434 g/mol. The number of anilines is 2. The van der Waals surface area contributed by atoms with Crippen LogP contribution in [0.4, 0.5) is 37.7 Å². The number of halogens is 7. The minimum absolute atomic E-state index is 0.0375. The summed E-state index contributed by atoms with van der Waals surface area (Å²) in [4.78, 5) is 12.1. The second-order valence-corrected chi connectivity index (χ2v) is 5.95. The lowest BCUT2D eigenvalue weighted by atomic mass is 10.1. The van der Waals surface area contributed by atoms with E-state index in [4.69, 9.17) is 16.9 Å². The third-order valence-electron chi connectivity index (χ3n) is 3.46. The van der Waals surface area contributed by atoms with Gasteiger partial charge in [0.25, 0.3) is 5.91 Å². The highest BCUT2D eigenvalue weighted by molar-refractivity contribution is 6.33. The summed E-state index contributed by atoms with van der Waals surface area (Å²) >= 11 is 5.86. The highest BCUT2D eigenvalue weighted by Crippen LogP contribution is 2.37. The maximum atomic E-state index is 12.9. The molecule has 0 fully saturated rings. The fourth-order valence-electron chi connectivity index (χ4n) is 2.09. The van der Waals surface area contributed by atoms with Gasteiger partial charge in [-0.15, -0.1) is 0 Å². The Bertz CT molecular complexity index is 960. The van der Waals surface area contributed by atoms with Crippen LogP contribution in [0.1, 0.15) is 11.1 Å². The molecule has 0 aliphatic heterocycles. The van der Waals surface area contributed by atoms with Crippen LogP contribution >= 0.6 is 11.6 Å². The standard InChI is InChI=1S/C18H10ClF6N3O/c19-14-3-1-2-4-15(14)28-16(29)10(8-26)9-27-13-6-11(17(20,21)22)5-12(7-13)18(23,24)25/h1-7,9,27H,(H,28,29)/b10-9-. The van der Waals surface area contributed by atoms with Gasteiger partial charge in [0.2, 0.25) is 0 Å². The molecule has 0 bridgehead atoms. The van der Waals surface area contributed by atoms with Crippen molar-refractivity contribution in [3.63, 3.8) is 0 Å². The van der Waals surface area contributed by atoms with Crippen LogP contribution < -0.4 is 10.6 Å². The van der Waals surface area contributed by atoms with Gasteiger partial charge in [0.05, 0.1) is 21.8 Å². The first-order valence-electron chi connectivity index (χ1n) is 7.64. The van der Waals surface area contributed by atoms with Gasteiger partial charge in [0, 0.05) is 11.9 Å². The molecule has 0 atom stereocenters. The summed E-state index contributed by atoms with van der Waals surface area (Å²) < 4.78 is 77.2. The van der Waals surface area contributed by atoms with E-state index in [1.54, 1.807) is 12.1 Å². The van der Waals surface area contributed by atoms with E-state index in [0.29, 0.717) is 18.3 Å². The minimum atomic E-state index is -5.03. The summed E-state index contributed by atoms with van der Waals surface area (Å²) in [5.74, 6) is -0.962. The number of nitrogens with zero attached hydrogens (tertiary/aromatic N) is 1. The molecule has 2 N–H and O–H groups in total. The molecule has 0 aliphatic carbocycles. The predicted molar refractivity (Wildman–Crippen MR) is 93.8 cm³/mol. The van der Waals surface area contributed by atoms with E-state index in [1.807, 2.05) is 0 Å². The van der Waals surface area contributed by atoms with E-state index in [9.17, 15) is 31.1 Å². The zero-order valence-corrected chi connectivity index (χ0v) is 14.9. The summed E-state index contributed by atoms with van der Waals surface area (Å²) in [7, 11) is 0. The Morgan fingerprint density at radius 3 is 2.03 bits per heavy atom. The number of amides is 1. The first-order chi connectivity index (χ1) is 13.4. The highest BCUT2D eigenvalue weighted by Gasteiger charge is 2.36. The van der Waals surface area contributed by atoms with Gasteiger partial charge in [-0.05, 0) is 30.3 Å². The van der Waals surface area contributed by atoms with Crippen LogP contribution in [0, 0.1) is 11.3 Å². The van der Waals surface area contributed by atoms with Crippen molar-refractivity contribution >= 4 is 28.9 Å². The summed E-state index contributed by atoms with van der Waals surface area (Å²) in [5, 5.41) is 13.7. The van der Waals surface area contributed by atoms with Crippen molar-refractivity contribution in [2.45, 2.75) is 12.4 Å². The quantitative estimate of drug-likeness (QED) is 0.362. The molecule has 0 radical (unpaired) electrons. The van der Waals surface area contributed by atoms with E-state index in [-0.39, 0.29) is 16.8 Å². The van der Waals surface area contributed by atoms with Crippen LogP contribution in [0.15, 0.2) is 54.2 Å². The zero-order chi connectivity index (χ0) is 21.8. The van der Waals surface area contributed by atoms with Gasteiger partial charge in [-0.25, -0.2) is 0 Å². The number of para-hydroxylation sites is 1. The van der Waals surface area contributed by atoms with Gasteiger partial charge in [0.15, 0.2) is 0 Å². The average Bonchev–Trinajstić information content (AvgIpc) is 2.62. The van der Waals surface area contributed by atoms with E-state index in [1.165, 1.54) is 18.2 Å². The molecule has 4 nitrogen and oxygen atoms in total. The molecule has 0 unspecified atom stereocenters. The van der Waals surface area contributed by atoms with Crippen LogP contribution in [0.25, 0.3) is 0 Å². The number of hydrogen-bond acceptors (Lipinski definition) is 3. The molecule has 0 saturated carbocycles. The molecule has 11 heteroatoms. The molecule has 0 saturated heterocycles. The van der Waals surface area contributed by atoms with Crippen LogP contribution in [0.5, 0.6) is 0 Å². The lowest BCUT2D eigenvalue weighted by Crippen LogP contribution is -2.15. The fourth-order valence-corrected chi connectivity index (χ4v) is 2.28. The highest BCUT2D eigenvalue weighted by atomic mass is 35.5. The summed E-state index contributed by atoms with van der Waals surface area (Å²) in [6.45, 7) is 0. The van der Waals surface area contributed by atoms with E-state index < -0.39 is 40.6 Å². The normalized spacial score (nSPS) is 12.3. The Balaban J connectivity index is 2.31. The topological polar surface area (TPSA) is 64.9 Å². The summed E-state index contributed by atoms with van der Waals surface area (Å²) in [6.07, 6.45) is -9.36. The molecular weight excluding hydrogens is 424 g/mol. The SMILES string of the molecule is N#C/C(=C/Nc1cc(C(F)(F)F)cc(C(F)(F)F)c1)C(=O)Nc1ccccc1Cl. The van der Waals surface area contributed by atoms with E-state index >= 15 is 0 Å². The number of benzene rings is 2. The Kier molecular flexibility index (Phi) is 6.44. The Morgan fingerprint density at radius 1 is 1.00 bits per heavy atom. The second-order valence-electron chi connectivity index (χ2n) is 5.54. The van der Waals surface area contributed by atoms with Crippen molar-refractivity contribution in [3.05, 3.63) is 70.4 Å². The van der Waals surface area contributed by atoms with Gasteiger partial charge in [-0.3, -0.25) is 4.79 Å². The van der Waals surface area contributed by atoms with Crippen LogP contribution in [-0.2, 0) is 17.1 Å². The van der Waals surface area contributed by atoms with Crippen molar-refractivity contribution in [2.75, 3.05) is 10.6 Å².